The fourth-order valence-electron chi connectivity index (χ4n) is 5.12. The normalized spacial score (nSPS) is 27.0. The van der Waals surface area contributed by atoms with Gasteiger partial charge in [-0.1, -0.05) is 72.8 Å². The molecule has 1 fully saturated rings. The van der Waals surface area contributed by atoms with Gasteiger partial charge in [0.2, 0.25) is 0 Å². The molecule has 0 unspecified atom stereocenters. The van der Waals surface area contributed by atoms with Gasteiger partial charge in [-0.25, -0.2) is 14.4 Å². The monoisotopic (exact) mass is 540 g/mol. The Hall–Kier alpha value is -4.19. The van der Waals surface area contributed by atoms with Crippen molar-refractivity contribution in [2.24, 2.45) is 11.8 Å². The van der Waals surface area contributed by atoms with Crippen molar-refractivity contribution in [1.82, 2.24) is 0 Å². The Labute approximate surface area is 236 Å². The Morgan fingerprint density at radius 1 is 0.850 bits per heavy atom. The first-order chi connectivity index (χ1) is 19.5. The van der Waals surface area contributed by atoms with Crippen LogP contribution in [0.5, 0.6) is 0 Å². The van der Waals surface area contributed by atoms with Crippen molar-refractivity contribution in [1.29, 1.82) is 0 Å². The Balaban J connectivity index is 1.50. The number of esters is 3. The van der Waals surface area contributed by atoms with E-state index in [1.807, 2.05) is 67.6 Å². The maximum atomic E-state index is 12.8. The molecule has 0 aromatic heterocycles. The summed E-state index contributed by atoms with van der Waals surface area (Å²) in [4.78, 5) is 37.9. The predicted octanol–water partition coefficient (Wildman–Crippen LogP) is 6.49. The SMILES string of the molecule is C[C@H]1CCC/C=C/[C@@H]2C[C@H](OC(=O)/C=C/c3ccccc3)C[C@H]2[C@H](OC(=O)/C=C/c2ccccc2)/C=C/C(=O)O1. The molecule has 6 nitrogen and oxygen atoms in total. The Morgan fingerprint density at radius 2 is 1.48 bits per heavy atom. The summed E-state index contributed by atoms with van der Waals surface area (Å²) in [5.41, 5.74) is 1.78. The van der Waals surface area contributed by atoms with Gasteiger partial charge in [0.25, 0.3) is 0 Å². The lowest BCUT2D eigenvalue weighted by atomic mass is 9.89. The average molecular weight is 541 g/mol. The van der Waals surface area contributed by atoms with E-state index in [-0.39, 0.29) is 24.0 Å². The molecule has 2 aromatic carbocycles. The van der Waals surface area contributed by atoms with Gasteiger partial charge in [0, 0.05) is 24.1 Å². The number of benzene rings is 2. The highest BCUT2D eigenvalue weighted by molar-refractivity contribution is 5.88. The molecule has 0 N–H and O–H groups in total. The molecular formula is C34H36O6. The summed E-state index contributed by atoms with van der Waals surface area (Å²) in [6, 6.07) is 19.0. The first-order valence-corrected chi connectivity index (χ1v) is 13.9. The number of carbonyl (C=O) groups is 3. The minimum atomic E-state index is -0.699. The van der Waals surface area contributed by atoms with Crippen LogP contribution in [0.4, 0.5) is 0 Å². The van der Waals surface area contributed by atoms with Gasteiger partial charge >= 0.3 is 17.9 Å². The molecule has 208 valence electrons. The molecule has 0 radical (unpaired) electrons. The fourth-order valence-corrected chi connectivity index (χ4v) is 5.12. The van der Waals surface area contributed by atoms with Crippen LogP contribution in [-0.4, -0.2) is 36.2 Å². The highest BCUT2D eigenvalue weighted by Gasteiger charge is 2.40. The first kappa shape index (κ1) is 28.8. The lowest BCUT2D eigenvalue weighted by molar-refractivity contribution is -0.146. The summed E-state index contributed by atoms with van der Waals surface area (Å²) in [5, 5.41) is 0. The molecule has 1 heterocycles. The van der Waals surface area contributed by atoms with Gasteiger partial charge in [-0.2, -0.15) is 0 Å². The molecule has 5 atom stereocenters. The number of ether oxygens (including phenoxy) is 3. The van der Waals surface area contributed by atoms with Crippen molar-refractivity contribution in [3.05, 3.63) is 108 Å². The summed E-state index contributed by atoms with van der Waals surface area (Å²) in [5.74, 6) is -1.57. The van der Waals surface area contributed by atoms with E-state index in [0.29, 0.717) is 12.8 Å². The quantitative estimate of drug-likeness (QED) is 0.180. The molecule has 1 aliphatic heterocycles. The van der Waals surface area contributed by atoms with E-state index in [4.69, 9.17) is 14.2 Å². The van der Waals surface area contributed by atoms with Gasteiger partial charge in [0.05, 0.1) is 6.10 Å². The zero-order chi connectivity index (χ0) is 28.2. The molecule has 2 aliphatic rings. The van der Waals surface area contributed by atoms with E-state index < -0.39 is 24.0 Å². The van der Waals surface area contributed by atoms with E-state index >= 15 is 0 Å². The number of rotatable bonds is 6. The van der Waals surface area contributed by atoms with E-state index in [9.17, 15) is 14.4 Å². The third kappa shape index (κ3) is 9.23. The zero-order valence-corrected chi connectivity index (χ0v) is 22.8. The second kappa shape index (κ2) is 14.8. The van der Waals surface area contributed by atoms with Gasteiger partial charge in [0.1, 0.15) is 12.2 Å². The molecule has 0 amide bonds. The lowest BCUT2D eigenvalue weighted by Crippen LogP contribution is -2.27. The second-order valence-electron chi connectivity index (χ2n) is 10.2. The Kier molecular flexibility index (Phi) is 10.7. The van der Waals surface area contributed by atoms with Crippen molar-refractivity contribution in [2.75, 3.05) is 0 Å². The van der Waals surface area contributed by atoms with Crippen molar-refractivity contribution >= 4 is 30.1 Å². The van der Waals surface area contributed by atoms with Gasteiger partial charge in [-0.15, -0.1) is 0 Å². The summed E-state index contributed by atoms with van der Waals surface area (Å²) < 4.78 is 17.2. The van der Waals surface area contributed by atoms with E-state index in [1.54, 1.807) is 18.2 Å². The number of hydrogen-bond acceptors (Lipinski definition) is 6. The van der Waals surface area contributed by atoms with Crippen LogP contribution in [0.25, 0.3) is 12.2 Å². The maximum absolute atomic E-state index is 12.8. The molecule has 4 rings (SSSR count). The van der Waals surface area contributed by atoms with Crippen LogP contribution in [0.1, 0.15) is 50.2 Å². The second-order valence-corrected chi connectivity index (χ2v) is 10.2. The summed E-state index contributed by atoms with van der Waals surface area (Å²) in [6.45, 7) is 1.88. The van der Waals surface area contributed by atoms with Gasteiger partial charge in [-0.3, -0.25) is 0 Å². The zero-order valence-electron chi connectivity index (χ0n) is 22.8. The van der Waals surface area contributed by atoms with Crippen molar-refractivity contribution < 1.29 is 28.6 Å². The average Bonchev–Trinajstić information content (AvgIpc) is 3.35. The minimum Gasteiger partial charge on any atom is -0.460 e. The summed E-state index contributed by atoms with van der Waals surface area (Å²) >= 11 is 0. The number of hydrogen-bond donors (Lipinski definition) is 0. The van der Waals surface area contributed by atoms with Gasteiger partial charge < -0.3 is 14.2 Å². The van der Waals surface area contributed by atoms with Crippen molar-refractivity contribution in [2.45, 2.75) is 57.3 Å². The molecule has 0 saturated heterocycles. The fraction of sp³-hybridized carbons (Fsp3) is 0.324. The minimum absolute atomic E-state index is 0.00523. The molecule has 0 bridgehead atoms. The molecule has 1 saturated carbocycles. The molecule has 0 spiro atoms. The van der Waals surface area contributed by atoms with E-state index in [1.165, 1.54) is 18.2 Å². The van der Waals surface area contributed by atoms with E-state index in [2.05, 4.69) is 12.2 Å². The molecular weight excluding hydrogens is 504 g/mol. The largest absolute Gasteiger partial charge is 0.460 e. The van der Waals surface area contributed by atoms with Crippen LogP contribution in [-0.2, 0) is 28.6 Å². The van der Waals surface area contributed by atoms with Crippen LogP contribution < -0.4 is 0 Å². The number of cyclic esters (lactones) is 1. The predicted molar refractivity (Wildman–Crippen MR) is 155 cm³/mol. The molecule has 40 heavy (non-hydrogen) atoms. The topological polar surface area (TPSA) is 78.9 Å². The third-order valence-electron chi connectivity index (χ3n) is 7.10. The number of fused-ring (bicyclic) bond motifs is 1. The molecule has 1 aliphatic carbocycles. The first-order valence-electron chi connectivity index (χ1n) is 13.9. The van der Waals surface area contributed by atoms with Crippen LogP contribution in [0.2, 0.25) is 0 Å². The summed E-state index contributed by atoms with van der Waals surface area (Å²) in [6.07, 6.45) is 15.8. The smallest absolute Gasteiger partial charge is 0.331 e. The van der Waals surface area contributed by atoms with Crippen LogP contribution >= 0.6 is 0 Å². The third-order valence-corrected chi connectivity index (χ3v) is 7.10. The maximum Gasteiger partial charge on any atom is 0.331 e. The Bertz CT molecular complexity index is 1240. The van der Waals surface area contributed by atoms with Gasteiger partial charge in [0.15, 0.2) is 0 Å². The lowest BCUT2D eigenvalue weighted by Gasteiger charge is -2.24. The van der Waals surface area contributed by atoms with Crippen LogP contribution in [0.3, 0.4) is 0 Å². The number of allylic oxidation sites excluding steroid dienone is 2. The standard InChI is InChI=1S/C34H36O6/c1-25-11-5-2-10-16-28-23-29(39-33(36)20-17-26-12-6-3-7-13-26)24-30(28)31(19-22-32(35)38-25)40-34(37)21-18-27-14-8-4-9-15-27/h3-4,6-10,12-22,25,28-31H,2,5,11,23-24H2,1H3/b16-10+,20-17+,21-18+,22-19+/t25-,28+,29-,30+,31+/m0/s1. The van der Waals surface area contributed by atoms with Crippen LogP contribution in [0, 0.1) is 11.8 Å². The van der Waals surface area contributed by atoms with Crippen molar-refractivity contribution in [3.8, 4) is 0 Å². The summed E-state index contributed by atoms with van der Waals surface area (Å²) in [7, 11) is 0. The van der Waals surface area contributed by atoms with Crippen molar-refractivity contribution in [3.63, 3.8) is 0 Å². The highest BCUT2D eigenvalue weighted by Crippen LogP contribution is 2.39. The van der Waals surface area contributed by atoms with Crippen LogP contribution in [0.15, 0.2) is 97.1 Å². The highest BCUT2D eigenvalue weighted by atomic mass is 16.6. The van der Waals surface area contributed by atoms with E-state index in [0.717, 1.165) is 30.4 Å². The number of carbonyl (C=O) groups excluding carboxylic acids is 3. The van der Waals surface area contributed by atoms with Gasteiger partial charge in [-0.05, 0) is 74.3 Å². The molecule has 6 heteroatoms. The molecule has 2 aromatic rings. The Morgan fingerprint density at radius 3 is 2.12 bits per heavy atom.